The second-order valence-electron chi connectivity index (χ2n) is 4.90. The topological polar surface area (TPSA) is 49.9 Å². The van der Waals surface area contributed by atoms with E-state index in [1.807, 2.05) is 24.3 Å². The quantitative estimate of drug-likeness (QED) is 0.769. The van der Waals surface area contributed by atoms with E-state index in [4.69, 9.17) is 4.74 Å². The average Bonchev–Trinajstić information content (AvgIpc) is 2.47. The summed E-state index contributed by atoms with van der Waals surface area (Å²) >= 11 is 3.42. The summed E-state index contributed by atoms with van der Waals surface area (Å²) in [5.74, 6) is -0.427. The molecule has 112 valence electrons. The molecule has 6 heteroatoms. The number of carbonyl (C=O) groups excluding carboxylic acids is 2. The van der Waals surface area contributed by atoms with E-state index in [2.05, 4.69) is 15.9 Å². The monoisotopic (exact) mass is 352 g/mol. The van der Waals surface area contributed by atoms with Crippen molar-refractivity contribution >= 4 is 27.9 Å². The van der Waals surface area contributed by atoms with E-state index in [1.54, 1.807) is 25.9 Å². The number of amides is 2. The van der Waals surface area contributed by atoms with Gasteiger partial charge in [0, 0.05) is 24.3 Å². The Labute approximate surface area is 132 Å². The van der Waals surface area contributed by atoms with Crippen molar-refractivity contribution in [2.75, 3.05) is 21.2 Å². The molecule has 1 heterocycles. The van der Waals surface area contributed by atoms with E-state index in [0.717, 1.165) is 10.0 Å². The Morgan fingerprint density at radius 3 is 2.57 bits per heavy atom. The number of likely N-dealkylation sites (N-methyl/N-ethyl adjacent to an activating group) is 1. The Balaban J connectivity index is 2.64. The van der Waals surface area contributed by atoms with Crippen molar-refractivity contribution in [1.82, 2.24) is 9.80 Å². The molecule has 0 radical (unpaired) electrons. The zero-order valence-electron chi connectivity index (χ0n) is 12.4. The Kier molecular flexibility index (Phi) is 4.37. The van der Waals surface area contributed by atoms with Gasteiger partial charge in [-0.05, 0) is 24.6 Å². The smallest absolute Gasteiger partial charge is 0.337 e. The van der Waals surface area contributed by atoms with E-state index in [9.17, 15) is 9.59 Å². The first-order chi connectivity index (χ1) is 9.88. The van der Waals surface area contributed by atoms with Gasteiger partial charge in [-0.25, -0.2) is 9.59 Å². The van der Waals surface area contributed by atoms with Crippen LogP contribution >= 0.6 is 15.9 Å². The predicted octanol–water partition coefficient (Wildman–Crippen LogP) is 2.93. The first-order valence-corrected chi connectivity index (χ1v) is 7.22. The molecule has 1 aliphatic rings. The third kappa shape index (κ3) is 2.68. The molecule has 2 amide bonds. The van der Waals surface area contributed by atoms with Crippen LogP contribution in [-0.2, 0) is 9.53 Å². The molecule has 0 fully saturated rings. The number of carbonyl (C=O) groups is 2. The summed E-state index contributed by atoms with van der Waals surface area (Å²) in [6, 6.07) is 6.94. The van der Waals surface area contributed by atoms with Crippen molar-refractivity contribution in [3.05, 3.63) is 45.6 Å². The largest absolute Gasteiger partial charge is 0.466 e. The van der Waals surface area contributed by atoms with E-state index in [-0.39, 0.29) is 6.03 Å². The van der Waals surface area contributed by atoms with Crippen LogP contribution in [0.3, 0.4) is 0 Å². The van der Waals surface area contributed by atoms with E-state index >= 15 is 0 Å². The lowest BCUT2D eigenvalue weighted by Gasteiger charge is -2.39. The first-order valence-electron chi connectivity index (χ1n) is 6.43. The molecule has 0 aromatic heterocycles. The summed E-state index contributed by atoms with van der Waals surface area (Å²) in [7, 11) is 4.67. The van der Waals surface area contributed by atoms with E-state index < -0.39 is 12.0 Å². The number of hydrogen-bond acceptors (Lipinski definition) is 3. The maximum Gasteiger partial charge on any atom is 0.337 e. The second kappa shape index (κ2) is 5.89. The summed E-state index contributed by atoms with van der Waals surface area (Å²) < 4.78 is 5.79. The minimum absolute atomic E-state index is 0.162. The number of benzene rings is 1. The third-order valence-electron chi connectivity index (χ3n) is 3.71. The van der Waals surface area contributed by atoms with Crippen LogP contribution in [0.25, 0.3) is 0 Å². The van der Waals surface area contributed by atoms with Crippen LogP contribution < -0.4 is 0 Å². The number of rotatable bonds is 2. The molecule has 0 aliphatic carbocycles. The molecule has 1 aromatic rings. The van der Waals surface area contributed by atoms with Crippen molar-refractivity contribution in [3.63, 3.8) is 0 Å². The first kappa shape index (κ1) is 15.6. The van der Waals surface area contributed by atoms with Gasteiger partial charge in [-0.1, -0.05) is 28.1 Å². The number of nitrogens with zero attached hydrogens (tertiary/aromatic N) is 2. The van der Waals surface area contributed by atoms with Gasteiger partial charge in [-0.15, -0.1) is 0 Å². The molecule has 1 aliphatic heterocycles. The Morgan fingerprint density at radius 2 is 2.00 bits per heavy atom. The normalized spacial score (nSPS) is 19.1. The van der Waals surface area contributed by atoms with Gasteiger partial charge in [0.15, 0.2) is 0 Å². The molecular weight excluding hydrogens is 336 g/mol. The molecule has 1 aromatic carbocycles. The fourth-order valence-corrected chi connectivity index (χ4v) is 2.92. The highest BCUT2D eigenvalue weighted by Gasteiger charge is 2.38. The van der Waals surface area contributed by atoms with Crippen LogP contribution in [0.2, 0.25) is 0 Å². The summed E-state index contributed by atoms with van der Waals surface area (Å²) in [5.41, 5.74) is 1.93. The van der Waals surface area contributed by atoms with Gasteiger partial charge in [0.2, 0.25) is 0 Å². The van der Waals surface area contributed by atoms with Crippen LogP contribution in [0.4, 0.5) is 4.79 Å². The SMILES string of the molecule is COC(=O)C1=C(C)N(C)C(=O)N(C)C1c1cccc(Br)c1. The summed E-state index contributed by atoms with van der Waals surface area (Å²) in [6.45, 7) is 1.75. The molecule has 2 rings (SSSR count). The van der Waals surface area contributed by atoms with Crippen LogP contribution in [0.15, 0.2) is 40.0 Å². The number of esters is 1. The van der Waals surface area contributed by atoms with Gasteiger partial charge in [-0.2, -0.15) is 0 Å². The molecular formula is C15H17BrN2O3. The highest BCUT2D eigenvalue weighted by Crippen LogP contribution is 2.36. The van der Waals surface area contributed by atoms with Crippen molar-refractivity contribution in [2.24, 2.45) is 0 Å². The van der Waals surface area contributed by atoms with E-state index in [0.29, 0.717) is 11.3 Å². The molecule has 0 spiro atoms. The van der Waals surface area contributed by atoms with E-state index in [1.165, 1.54) is 12.0 Å². The van der Waals surface area contributed by atoms with Gasteiger partial charge in [-0.3, -0.25) is 0 Å². The maximum absolute atomic E-state index is 12.3. The Hall–Kier alpha value is -1.82. The zero-order chi connectivity index (χ0) is 15.7. The summed E-state index contributed by atoms with van der Waals surface area (Å²) in [6.07, 6.45) is 0. The molecule has 21 heavy (non-hydrogen) atoms. The molecule has 1 unspecified atom stereocenters. The van der Waals surface area contributed by atoms with Crippen molar-refractivity contribution in [2.45, 2.75) is 13.0 Å². The van der Waals surface area contributed by atoms with Gasteiger partial charge in [0.25, 0.3) is 0 Å². The number of methoxy groups -OCH3 is 1. The summed E-state index contributed by atoms with van der Waals surface area (Å²) in [4.78, 5) is 27.5. The molecule has 0 saturated carbocycles. The minimum Gasteiger partial charge on any atom is -0.466 e. The highest BCUT2D eigenvalue weighted by atomic mass is 79.9. The average molecular weight is 353 g/mol. The van der Waals surface area contributed by atoms with Gasteiger partial charge in [0.05, 0.1) is 18.7 Å². The second-order valence-corrected chi connectivity index (χ2v) is 5.82. The summed E-state index contributed by atoms with van der Waals surface area (Å²) in [5, 5.41) is 0. The van der Waals surface area contributed by atoms with Crippen molar-refractivity contribution < 1.29 is 14.3 Å². The number of ether oxygens (including phenoxy) is 1. The zero-order valence-corrected chi connectivity index (χ0v) is 14.0. The van der Waals surface area contributed by atoms with Gasteiger partial charge < -0.3 is 14.5 Å². The number of allylic oxidation sites excluding steroid dienone is 1. The fraction of sp³-hybridized carbons (Fsp3) is 0.333. The van der Waals surface area contributed by atoms with Crippen LogP contribution in [0.5, 0.6) is 0 Å². The molecule has 0 saturated heterocycles. The van der Waals surface area contributed by atoms with Crippen molar-refractivity contribution in [1.29, 1.82) is 0 Å². The van der Waals surface area contributed by atoms with Crippen LogP contribution in [-0.4, -0.2) is 43.0 Å². The van der Waals surface area contributed by atoms with Crippen LogP contribution in [0.1, 0.15) is 18.5 Å². The molecule has 5 nitrogen and oxygen atoms in total. The lowest BCUT2D eigenvalue weighted by atomic mass is 9.94. The number of halogens is 1. The molecule has 1 atom stereocenters. The van der Waals surface area contributed by atoms with Gasteiger partial charge in [0.1, 0.15) is 0 Å². The van der Waals surface area contributed by atoms with Crippen molar-refractivity contribution in [3.8, 4) is 0 Å². The standard InChI is InChI=1S/C15H17BrN2O3/c1-9-12(14(19)21-4)13(18(3)15(20)17(9)2)10-6-5-7-11(16)8-10/h5-8,13H,1-4H3. The third-order valence-corrected chi connectivity index (χ3v) is 4.21. The highest BCUT2D eigenvalue weighted by molar-refractivity contribution is 9.10. The Morgan fingerprint density at radius 1 is 1.33 bits per heavy atom. The number of urea groups is 1. The molecule has 0 N–H and O–H groups in total. The lowest BCUT2D eigenvalue weighted by Crippen LogP contribution is -2.47. The van der Waals surface area contributed by atoms with Crippen LogP contribution in [0, 0.1) is 0 Å². The van der Waals surface area contributed by atoms with Gasteiger partial charge >= 0.3 is 12.0 Å². The maximum atomic E-state index is 12.3. The fourth-order valence-electron chi connectivity index (χ4n) is 2.50. The molecule has 0 bridgehead atoms. The Bertz CT molecular complexity index is 627. The minimum atomic E-state index is -0.460. The number of hydrogen-bond donors (Lipinski definition) is 0. The predicted molar refractivity (Wildman–Crippen MR) is 82.5 cm³/mol. The lowest BCUT2D eigenvalue weighted by molar-refractivity contribution is -0.137.